The maximum atomic E-state index is 10.4. The molecule has 48 heavy (non-hydrogen) atoms. The van der Waals surface area contributed by atoms with Crippen LogP contribution in [-0.2, 0) is 90.4 Å². The molecule has 0 aliphatic carbocycles. The van der Waals surface area contributed by atoms with Crippen LogP contribution in [-0.4, -0.2) is 130 Å². The normalized spacial score (nSPS) is 8.58. The van der Waals surface area contributed by atoms with Crippen LogP contribution in [0.3, 0.4) is 0 Å². The highest BCUT2D eigenvalue weighted by molar-refractivity contribution is 5.73. The van der Waals surface area contributed by atoms with E-state index in [1.165, 1.54) is 41.9 Å². The minimum atomic E-state index is -0.520. The third kappa shape index (κ3) is 84.0. The van der Waals surface area contributed by atoms with E-state index in [0.717, 1.165) is 13.2 Å². The van der Waals surface area contributed by atoms with E-state index < -0.39 is 35.8 Å². The fraction of sp³-hybridized carbons (Fsp3) is 0.759. The van der Waals surface area contributed by atoms with Crippen LogP contribution in [0.5, 0.6) is 0 Å². The molecular weight excluding hydrogens is 652 g/mol. The third-order valence-corrected chi connectivity index (χ3v) is 3.35. The second kappa shape index (κ2) is 50.0. The van der Waals surface area contributed by atoms with Crippen molar-refractivity contribution in [3.63, 3.8) is 0 Å². The smallest absolute Gasteiger partial charge is 0.331 e. The van der Waals surface area contributed by atoms with E-state index in [0.29, 0.717) is 19.8 Å². The van der Waals surface area contributed by atoms with E-state index in [2.05, 4.69) is 52.1 Å². The summed E-state index contributed by atoms with van der Waals surface area (Å²) in [6, 6.07) is 0. The lowest BCUT2D eigenvalue weighted by atomic mass is 10.5. The van der Waals surface area contributed by atoms with E-state index in [9.17, 15) is 33.6 Å². The van der Waals surface area contributed by atoms with Crippen LogP contribution in [0.25, 0.3) is 0 Å². The van der Waals surface area contributed by atoms with Gasteiger partial charge >= 0.3 is 41.8 Å². The Kier molecular flexibility index (Phi) is 58.7. The van der Waals surface area contributed by atoms with Crippen molar-refractivity contribution in [3.05, 3.63) is 0 Å². The first-order valence-corrected chi connectivity index (χ1v) is 14.1. The summed E-state index contributed by atoms with van der Waals surface area (Å²) in [5.74, 6) is -2.96. The number of hydrogen-bond donors (Lipinski definition) is 0. The molecule has 286 valence electrons. The summed E-state index contributed by atoms with van der Waals surface area (Å²) in [6.07, 6.45) is 0.480. The minimum absolute atomic E-state index is 0.123. The molecule has 0 amide bonds. The third-order valence-electron chi connectivity index (χ3n) is 3.35. The highest BCUT2D eigenvalue weighted by atomic mass is 16.8. The predicted octanol–water partition coefficient (Wildman–Crippen LogP) is 1.70. The fourth-order valence-corrected chi connectivity index (χ4v) is 1.40. The van der Waals surface area contributed by atoms with Crippen molar-refractivity contribution in [1.82, 2.24) is 0 Å². The van der Waals surface area contributed by atoms with E-state index in [4.69, 9.17) is 4.74 Å². The minimum Gasteiger partial charge on any atom is -0.467 e. The van der Waals surface area contributed by atoms with Crippen LogP contribution in [0.1, 0.15) is 61.8 Å². The summed E-state index contributed by atoms with van der Waals surface area (Å²) in [6.45, 7) is 14.0. The summed E-state index contributed by atoms with van der Waals surface area (Å²) < 4.78 is 53.3. The molecule has 0 rings (SSSR count). The largest absolute Gasteiger partial charge is 0.467 e. The van der Waals surface area contributed by atoms with Gasteiger partial charge in [0.05, 0.1) is 20.8 Å². The van der Waals surface area contributed by atoms with Gasteiger partial charge in [-0.2, -0.15) is 0 Å². The Labute approximate surface area is 282 Å². The Bertz CT molecular complexity index is 730. The molecule has 19 heteroatoms. The molecule has 0 unspecified atom stereocenters. The Morgan fingerprint density at radius 1 is 0.396 bits per heavy atom. The van der Waals surface area contributed by atoms with Crippen molar-refractivity contribution < 1.29 is 90.4 Å². The Balaban J connectivity index is -0.000000113. The Hall–Kier alpha value is -3.91. The van der Waals surface area contributed by atoms with Crippen molar-refractivity contribution in [3.8, 4) is 0 Å². The Morgan fingerprint density at radius 3 is 0.938 bits per heavy atom. The van der Waals surface area contributed by atoms with Gasteiger partial charge in [0.15, 0.2) is 13.6 Å². The Morgan fingerprint density at radius 2 is 0.750 bits per heavy atom. The number of hydrogen-bond acceptors (Lipinski definition) is 19. The number of carbonyl (C=O) groups is 7. The maximum absolute atomic E-state index is 10.4. The molecule has 0 N–H and O–H groups in total. The van der Waals surface area contributed by atoms with Crippen LogP contribution in [0, 0.1) is 0 Å². The number of carbonyl (C=O) groups excluding carboxylic acids is 7. The van der Waals surface area contributed by atoms with E-state index in [1.807, 2.05) is 13.8 Å². The summed E-state index contributed by atoms with van der Waals surface area (Å²) >= 11 is 0. The van der Waals surface area contributed by atoms with Gasteiger partial charge in [0, 0.05) is 61.5 Å². The molecule has 0 aromatic carbocycles. The molecule has 0 atom stereocenters. The summed E-state index contributed by atoms with van der Waals surface area (Å²) in [4.78, 5) is 71.2. The molecule has 0 bridgehead atoms. The van der Waals surface area contributed by atoms with Crippen molar-refractivity contribution >= 4 is 41.8 Å². The summed E-state index contributed by atoms with van der Waals surface area (Å²) in [7, 11) is 5.65. The van der Waals surface area contributed by atoms with Crippen LogP contribution in [0.15, 0.2) is 0 Å². The molecule has 0 aliphatic heterocycles. The quantitative estimate of drug-likeness (QED) is 0.0961. The lowest BCUT2D eigenvalue weighted by Crippen LogP contribution is -2.16. The fourth-order valence-electron chi connectivity index (χ4n) is 1.40. The standard InChI is InChI=1S/2C6H10O5.C5H8O4.C5H10O2.C4H10O.C3H8O2/c1-9-5(7)3-11-4-6(8)10-2;1-5(7)10-3-9-4-11-6(2)8;1-4(6)8-3-9-5(2)7;1-3-5(6)7-4-2;1-3-5-4-2;1-4-3-5-2/h2*3-4H2,1-2H3;3H2,1-2H3;3-4H2,1-2H3;3-4H2,1-2H3;3H2,1-2H3. The van der Waals surface area contributed by atoms with Gasteiger partial charge in [0.2, 0.25) is 6.79 Å². The molecule has 0 spiro atoms. The molecule has 0 heterocycles. The molecule has 0 saturated carbocycles. The van der Waals surface area contributed by atoms with Gasteiger partial charge in [-0.25, -0.2) is 9.59 Å². The van der Waals surface area contributed by atoms with Gasteiger partial charge < -0.3 is 56.8 Å². The second-order valence-corrected chi connectivity index (χ2v) is 7.38. The molecule has 0 saturated heterocycles. The monoisotopic (exact) mass is 708 g/mol. The first-order chi connectivity index (χ1) is 22.6. The number of methoxy groups -OCH3 is 4. The van der Waals surface area contributed by atoms with E-state index >= 15 is 0 Å². The molecule has 19 nitrogen and oxygen atoms in total. The zero-order valence-electron chi connectivity index (χ0n) is 30.3. The number of rotatable bonds is 16. The highest BCUT2D eigenvalue weighted by Crippen LogP contribution is 1.83. The summed E-state index contributed by atoms with van der Waals surface area (Å²) in [5, 5.41) is 0. The van der Waals surface area contributed by atoms with Crippen LogP contribution in [0.4, 0.5) is 0 Å². The van der Waals surface area contributed by atoms with Gasteiger partial charge in [-0.1, -0.05) is 6.92 Å². The predicted molar refractivity (Wildman–Crippen MR) is 166 cm³/mol. The maximum Gasteiger partial charge on any atom is 0.331 e. The van der Waals surface area contributed by atoms with Crippen molar-refractivity contribution in [2.75, 3.05) is 88.6 Å². The molecular formula is C29H56O19. The molecule has 0 fully saturated rings. The number of ether oxygens (including phenoxy) is 12. The lowest BCUT2D eigenvalue weighted by molar-refractivity contribution is -0.173. The van der Waals surface area contributed by atoms with Crippen molar-refractivity contribution in [1.29, 1.82) is 0 Å². The van der Waals surface area contributed by atoms with Crippen LogP contribution < -0.4 is 0 Å². The van der Waals surface area contributed by atoms with Gasteiger partial charge in [-0.05, 0) is 20.8 Å². The second-order valence-electron chi connectivity index (χ2n) is 7.38. The number of esters is 7. The van der Waals surface area contributed by atoms with Crippen molar-refractivity contribution in [2.45, 2.75) is 61.8 Å². The van der Waals surface area contributed by atoms with Crippen LogP contribution in [0.2, 0.25) is 0 Å². The van der Waals surface area contributed by atoms with Gasteiger partial charge in [-0.3, -0.25) is 24.0 Å². The van der Waals surface area contributed by atoms with Crippen molar-refractivity contribution in [2.24, 2.45) is 0 Å². The molecule has 0 aromatic rings. The topological polar surface area (TPSA) is 230 Å². The van der Waals surface area contributed by atoms with E-state index in [1.54, 1.807) is 28.1 Å². The molecule has 0 aromatic heterocycles. The zero-order valence-corrected chi connectivity index (χ0v) is 30.3. The first-order valence-electron chi connectivity index (χ1n) is 14.1. The zero-order chi connectivity index (χ0) is 38.6. The average Bonchev–Trinajstić information content (AvgIpc) is 3.02. The van der Waals surface area contributed by atoms with Gasteiger partial charge in [0.25, 0.3) is 0 Å². The summed E-state index contributed by atoms with van der Waals surface area (Å²) in [5.41, 5.74) is 0. The van der Waals surface area contributed by atoms with Gasteiger partial charge in [0.1, 0.15) is 20.0 Å². The average molecular weight is 709 g/mol. The molecule has 0 aliphatic rings. The van der Waals surface area contributed by atoms with E-state index in [-0.39, 0.29) is 39.6 Å². The van der Waals surface area contributed by atoms with Gasteiger partial charge in [-0.15, -0.1) is 0 Å². The SMILES string of the molecule is CC(=O)OCOC(C)=O.CC(=O)OCOCOC(C)=O.CCOC(=O)CC.CCOCC.COC(=O)COCC(=O)OC.COCOC. The first kappa shape index (κ1) is 56.4. The molecule has 0 radical (unpaired) electrons. The highest BCUT2D eigenvalue weighted by Gasteiger charge is 2.03. The van der Waals surface area contributed by atoms with Crippen LogP contribution >= 0.6 is 0 Å². The lowest BCUT2D eigenvalue weighted by Gasteiger charge is -2.02.